The summed E-state index contributed by atoms with van der Waals surface area (Å²) >= 11 is 4.20. The van der Waals surface area contributed by atoms with Gasteiger partial charge in [-0.25, -0.2) is 33.5 Å². The number of pyridine rings is 1. The quantitative estimate of drug-likeness (QED) is 0.0594. The van der Waals surface area contributed by atoms with E-state index in [1.54, 1.807) is 18.3 Å². The molecule has 0 bridgehead atoms. The first-order valence-corrected chi connectivity index (χ1v) is 23.8. The van der Waals surface area contributed by atoms with E-state index in [0.717, 1.165) is 50.4 Å². The number of aromatic nitrogens is 4. The minimum atomic E-state index is -3.76. The lowest BCUT2D eigenvalue weighted by molar-refractivity contribution is 0.0992. The molecule has 0 atom stereocenters. The highest BCUT2D eigenvalue weighted by Crippen LogP contribution is 2.40. The topological polar surface area (TPSA) is 234 Å². The third-order valence-electron chi connectivity index (χ3n) is 9.82. The van der Waals surface area contributed by atoms with Crippen molar-refractivity contribution in [2.45, 2.75) is 70.2 Å². The highest BCUT2D eigenvalue weighted by molar-refractivity contribution is 7.89. The van der Waals surface area contributed by atoms with E-state index in [2.05, 4.69) is 67.9 Å². The van der Waals surface area contributed by atoms with Crippen LogP contribution in [0.5, 0.6) is 0 Å². The number of rotatable bonds is 13. The van der Waals surface area contributed by atoms with Crippen molar-refractivity contribution in [1.82, 2.24) is 19.9 Å². The molecule has 320 valence electrons. The van der Waals surface area contributed by atoms with Gasteiger partial charge in [0.15, 0.2) is 16.6 Å². The molecule has 4 heterocycles. The lowest BCUT2D eigenvalue weighted by Crippen LogP contribution is -2.23. The largest absolute Gasteiger partial charge is 0.382 e. The van der Waals surface area contributed by atoms with Crippen LogP contribution >= 0.6 is 34.0 Å². The number of sulfonamides is 1. The Labute approximate surface area is 372 Å². The van der Waals surface area contributed by atoms with Crippen LogP contribution in [0.1, 0.15) is 81.6 Å². The highest BCUT2D eigenvalue weighted by Gasteiger charge is 2.23. The predicted octanol–water partition coefficient (Wildman–Crippen LogP) is 9.44. The number of nitrogens with two attached hydrogens (primary N) is 3. The third-order valence-corrected chi connectivity index (χ3v) is 14.0. The lowest BCUT2D eigenvalue weighted by Gasteiger charge is -2.23. The van der Waals surface area contributed by atoms with Gasteiger partial charge < -0.3 is 27.4 Å². The van der Waals surface area contributed by atoms with Gasteiger partial charge in [-0.3, -0.25) is 9.59 Å². The summed E-state index contributed by atoms with van der Waals surface area (Å²) in [7, 11) is -3.76. The second kappa shape index (κ2) is 19.3. The summed E-state index contributed by atoms with van der Waals surface area (Å²) in [6.07, 6.45) is 8.30. The van der Waals surface area contributed by atoms with E-state index in [-0.39, 0.29) is 10.7 Å². The second-order valence-corrected chi connectivity index (χ2v) is 19.6. The van der Waals surface area contributed by atoms with E-state index in [9.17, 15) is 18.0 Å². The number of nitrogen functional groups attached to an aromatic ring is 1. The molecular weight excluding hydrogens is 861 g/mol. The number of aryl methyl sites for hydroxylation is 2. The van der Waals surface area contributed by atoms with Crippen molar-refractivity contribution in [3.05, 3.63) is 124 Å². The first-order chi connectivity index (χ1) is 29.7. The van der Waals surface area contributed by atoms with Crippen LogP contribution in [0.3, 0.4) is 0 Å². The Morgan fingerprint density at radius 1 is 0.790 bits per heavy atom. The first-order valence-electron chi connectivity index (χ1n) is 19.8. The van der Waals surface area contributed by atoms with Crippen molar-refractivity contribution in [2.24, 2.45) is 10.9 Å². The zero-order chi connectivity index (χ0) is 44.0. The number of hydrogen-bond donors (Lipinski definition) is 6. The first kappa shape index (κ1) is 44.0. The van der Waals surface area contributed by atoms with Gasteiger partial charge in [0.2, 0.25) is 10.0 Å². The molecule has 7 aromatic rings. The number of primary amides is 1. The van der Waals surface area contributed by atoms with Crippen LogP contribution in [-0.2, 0) is 16.4 Å². The molecule has 18 heteroatoms. The summed E-state index contributed by atoms with van der Waals surface area (Å²) in [5, 5.41) is 17.8. The number of amides is 1. The number of carbonyl (C=O) groups excluding carboxylic acids is 2. The molecule has 4 aromatic heterocycles. The molecule has 0 unspecified atom stereocenters. The summed E-state index contributed by atoms with van der Waals surface area (Å²) in [5.74, 6) is 0.428. The fraction of sp³-hybridized carbons (Fsp3) is 0.227. The number of benzene rings is 3. The number of nitrogens with zero attached hydrogens (tertiary/aromatic N) is 4. The van der Waals surface area contributed by atoms with E-state index in [0.29, 0.717) is 50.4 Å². The fourth-order valence-corrected chi connectivity index (χ4v) is 10.7. The molecule has 14 nitrogen and oxygen atoms in total. The van der Waals surface area contributed by atoms with Gasteiger partial charge in [-0.2, -0.15) is 0 Å². The number of nitrogens with one attached hydrogen (secondary N) is 3. The van der Waals surface area contributed by atoms with Crippen LogP contribution < -0.4 is 32.6 Å². The maximum Gasteiger partial charge on any atom is 0.270 e. The number of Topliss-reactive ketones (excluding diaryl/α,β-unsaturated/α-hetero) is 1. The van der Waals surface area contributed by atoms with Crippen LogP contribution in [0.25, 0.3) is 20.5 Å². The van der Waals surface area contributed by atoms with Gasteiger partial charge in [0.05, 0.1) is 4.90 Å². The Hall–Kier alpha value is -6.05. The molecule has 1 aliphatic rings. The number of thiazole rings is 3. The average molecular weight is 907 g/mol. The third kappa shape index (κ3) is 11.3. The monoisotopic (exact) mass is 906 g/mol. The molecule has 0 spiro atoms. The molecule has 1 aliphatic carbocycles. The van der Waals surface area contributed by atoms with Gasteiger partial charge in [0, 0.05) is 47.4 Å². The highest BCUT2D eigenvalue weighted by atomic mass is 32.2. The summed E-state index contributed by atoms with van der Waals surface area (Å²) < 4.78 is 22.8. The maximum absolute atomic E-state index is 12.2. The zero-order valence-corrected chi connectivity index (χ0v) is 37.5. The zero-order valence-electron chi connectivity index (χ0n) is 34.3. The van der Waals surface area contributed by atoms with Gasteiger partial charge in [-0.05, 0) is 91.9 Å². The Morgan fingerprint density at radius 2 is 1.48 bits per heavy atom. The predicted molar refractivity (Wildman–Crippen MR) is 252 cm³/mol. The van der Waals surface area contributed by atoms with Crippen molar-refractivity contribution in [1.29, 1.82) is 0 Å². The van der Waals surface area contributed by atoms with Gasteiger partial charge in [0.1, 0.15) is 37.2 Å². The number of anilines is 6. The molecule has 0 aliphatic heterocycles. The standard InChI is InChI=1S/C23H27N5OS.C21H19N5O3S3/c1-14-10-15(2)12-18(11-14)26-19-13-16(8-9-25-19)22-28-20(21(24)29)23(30-22)27-17-6-4-3-5-7-17;1-12(27)17-16(11-13-5-3-2-4-6-13)30-20(25-17)18-19(22)26-21(31-18)24-14-7-9-15(10-8-14)32(23,28)29/h8-13,17,27H,3-7H2,1-2H3,(H2,24,29)(H,25,26);2-10H,11,22H2,1H3,(H,24,26)(H2,23,28,29). The Morgan fingerprint density at radius 3 is 2.15 bits per heavy atom. The molecule has 1 fully saturated rings. The van der Waals surface area contributed by atoms with E-state index in [1.807, 2.05) is 42.5 Å². The van der Waals surface area contributed by atoms with Crippen LogP contribution in [0.2, 0.25) is 0 Å². The Balaban J connectivity index is 0.000000187. The fourth-order valence-electron chi connectivity index (χ4n) is 6.98. The average Bonchev–Trinajstić information content (AvgIpc) is 3.95. The van der Waals surface area contributed by atoms with Gasteiger partial charge >= 0.3 is 0 Å². The SMILES string of the molecule is CC(=O)c1nc(-c2sc(Nc3ccc(S(N)(=O)=O)cc3)nc2N)sc1Cc1ccccc1.Cc1cc(C)cc(Nc2cc(-c3nc(C(N)=O)c(NC4CCCCC4)s3)ccn2)c1. The molecule has 62 heavy (non-hydrogen) atoms. The van der Waals surface area contributed by atoms with Crippen LogP contribution in [0.15, 0.2) is 96.0 Å². The molecule has 1 saturated carbocycles. The Bertz CT molecular complexity index is 2800. The summed E-state index contributed by atoms with van der Waals surface area (Å²) in [5.41, 5.74) is 18.5. The maximum atomic E-state index is 12.2. The van der Waals surface area contributed by atoms with Crippen molar-refractivity contribution >= 4 is 88.9 Å². The minimum Gasteiger partial charge on any atom is -0.382 e. The van der Waals surface area contributed by atoms with Crippen LogP contribution in [-0.4, -0.2) is 46.1 Å². The molecule has 0 saturated heterocycles. The van der Waals surface area contributed by atoms with Crippen molar-refractivity contribution < 1.29 is 18.0 Å². The van der Waals surface area contributed by atoms with Crippen molar-refractivity contribution in [3.8, 4) is 20.5 Å². The van der Waals surface area contributed by atoms with Crippen molar-refractivity contribution in [3.63, 3.8) is 0 Å². The van der Waals surface area contributed by atoms with Gasteiger partial charge in [0.25, 0.3) is 5.91 Å². The molecule has 3 aromatic carbocycles. The number of primary sulfonamides is 1. The second-order valence-electron chi connectivity index (χ2n) is 14.9. The molecule has 9 N–H and O–H groups in total. The normalized spacial score (nSPS) is 12.9. The lowest BCUT2D eigenvalue weighted by atomic mass is 9.96. The molecular formula is C44H46N10O4S4. The van der Waals surface area contributed by atoms with E-state index in [1.165, 1.54) is 83.5 Å². The Kier molecular flexibility index (Phi) is 13.7. The van der Waals surface area contributed by atoms with Crippen LogP contribution in [0, 0.1) is 13.8 Å². The smallest absolute Gasteiger partial charge is 0.270 e. The summed E-state index contributed by atoms with van der Waals surface area (Å²) in [6.45, 7) is 5.65. The summed E-state index contributed by atoms with van der Waals surface area (Å²) in [4.78, 5) is 43.6. The number of ketones is 1. The van der Waals surface area contributed by atoms with Gasteiger partial charge in [-0.15, -0.1) is 11.3 Å². The van der Waals surface area contributed by atoms with E-state index in [4.69, 9.17) is 16.6 Å². The van der Waals surface area contributed by atoms with E-state index < -0.39 is 15.9 Å². The minimum absolute atomic E-state index is 0.0212. The van der Waals surface area contributed by atoms with Crippen LogP contribution in [0.4, 0.5) is 33.1 Å². The molecule has 1 amide bonds. The van der Waals surface area contributed by atoms with Gasteiger partial charge in [-0.1, -0.05) is 78.3 Å². The molecule has 0 radical (unpaired) electrons. The number of hydrogen-bond acceptors (Lipinski definition) is 15. The summed E-state index contributed by atoms with van der Waals surface area (Å²) in [6, 6.07) is 26.4. The number of carbonyl (C=O) groups is 2. The van der Waals surface area contributed by atoms with Crippen molar-refractivity contribution in [2.75, 3.05) is 21.7 Å². The van der Waals surface area contributed by atoms with E-state index >= 15 is 0 Å². The molecule has 8 rings (SSSR count).